The molecule has 0 saturated heterocycles. The number of amides is 1. The maximum Gasteiger partial charge on any atom is 0.285 e. The van der Waals surface area contributed by atoms with E-state index in [-0.39, 0.29) is 17.3 Å². The van der Waals surface area contributed by atoms with Gasteiger partial charge in [-0.25, -0.2) is 0 Å². The van der Waals surface area contributed by atoms with Gasteiger partial charge in [0.25, 0.3) is 11.6 Å². The molecule has 1 atom stereocenters. The zero-order valence-electron chi connectivity index (χ0n) is 14.4. The third kappa shape index (κ3) is 3.33. The van der Waals surface area contributed by atoms with Crippen LogP contribution < -0.4 is 10.2 Å². The highest BCUT2D eigenvalue weighted by Crippen LogP contribution is 2.29. The molecule has 6 heteroatoms. The highest BCUT2D eigenvalue weighted by Gasteiger charge is 2.25. The van der Waals surface area contributed by atoms with E-state index in [9.17, 15) is 14.9 Å². The van der Waals surface area contributed by atoms with Crippen molar-refractivity contribution in [2.75, 3.05) is 18.0 Å². The molecule has 1 amide bonds. The van der Waals surface area contributed by atoms with Crippen LogP contribution in [-0.4, -0.2) is 30.0 Å². The number of carbonyl (C=O) groups is 1. The first-order chi connectivity index (χ1) is 12.0. The Bertz CT molecular complexity index is 819. The van der Waals surface area contributed by atoms with Gasteiger partial charge in [0.15, 0.2) is 0 Å². The fourth-order valence-corrected chi connectivity index (χ4v) is 3.35. The molecule has 2 aromatic rings. The van der Waals surface area contributed by atoms with Gasteiger partial charge in [-0.1, -0.05) is 30.3 Å². The lowest BCUT2D eigenvalue weighted by molar-refractivity contribution is -0.385. The second kappa shape index (κ2) is 6.93. The van der Waals surface area contributed by atoms with Crippen LogP contribution in [0.5, 0.6) is 0 Å². The third-order valence-corrected chi connectivity index (χ3v) is 4.68. The smallest absolute Gasteiger partial charge is 0.285 e. The number of anilines is 1. The SMILES string of the molecule is Cc1cccc(C(=O)NC[C@@H](C)N2CCc3ccccc32)c1[N+](=O)[O-]. The van der Waals surface area contributed by atoms with Gasteiger partial charge < -0.3 is 10.2 Å². The second-order valence-electron chi connectivity index (χ2n) is 6.36. The van der Waals surface area contributed by atoms with Gasteiger partial charge in [0.2, 0.25) is 0 Å². The highest BCUT2D eigenvalue weighted by atomic mass is 16.6. The predicted molar refractivity (Wildman–Crippen MR) is 97.1 cm³/mol. The Balaban J connectivity index is 1.70. The van der Waals surface area contributed by atoms with Crippen LogP contribution in [0, 0.1) is 17.0 Å². The molecule has 3 rings (SSSR count). The molecule has 25 heavy (non-hydrogen) atoms. The van der Waals surface area contributed by atoms with Gasteiger partial charge in [0, 0.05) is 30.4 Å². The molecule has 130 valence electrons. The molecule has 0 fully saturated rings. The fourth-order valence-electron chi connectivity index (χ4n) is 3.35. The first kappa shape index (κ1) is 17.0. The minimum atomic E-state index is -0.496. The summed E-state index contributed by atoms with van der Waals surface area (Å²) in [5.41, 5.74) is 2.98. The van der Waals surface area contributed by atoms with Crippen molar-refractivity contribution < 1.29 is 9.72 Å². The molecular weight excluding hydrogens is 318 g/mol. The number of fused-ring (bicyclic) bond motifs is 1. The summed E-state index contributed by atoms with van der Waals surface area (Å²) in [6, 6.07) is 13.2. The Morgan fingerprint density at radius 2 is 2.04 bits per heavy atom. The van der Waals surface area contributed by atoms with Gasteiger partial charge in [-0.15, -0.1) is 0 Å². The van der Waals surface area contributed by atoms with Crippen molar-refractivity contribution in [3.05, 3.63) is 69.3 Å². The molecule has 0 aromatic heterocycles. The van der Waals surface area contributed by atoms with Crippen molar-refractivity contribution in [1.82, 2.24) is 5.32 Å². The fraction of sp³-hybridized carbons (Fsp3) is 0.316. The van der Waals surface area contributed by atoms with Crippen LogP contribution in [0.1, 0.15) is 28.4 Å². The van der Waals surface area contributed by atoms with E-state index in [0.29, 0.717) is 12.1 Å². The average Bonchev–Trinajstić information content (AvgIpc) is 3.03. The molecule has 2 aromatic carbocycles. The maximum absolute atomic E-state index is 12.5. The number of hydrogen-bond donors (Lipinski definition) is 1. The molecule has 0 spiro atoms. The van der Waals surface area contributed by atoms with Crippen LogP contribution in [0.4, 0.5) is 11.4 Å². The zero-order chi connectivity index (χ0) is 18.0. The van der Waals surface area contributed by atoms with Crippen molar-refractivity contribution in [3.63, 3.8) is 0 Å². The largest absolute Gasteiger partial charge is 0.366 e. The summed E-state index contributed by atoms with van der Waals surface area (Å²) in [4.78, 5) is 25.5. The zero-order valence-corrected chi connectivity index (χ0v) is 14.4. The highest BCUT2D eigenvalue weighted by molar-refractivity contribution is 5.98. The van der Waals surface area contributed by atoms with Crippen LogP contribution in [0.2, 0.25) is 0 Å². The van der Waals surface area contributed by atoms with Crippen LogP contribution in [0.3, 0.4) is 0 Å². The summed E-state index contributed by atoms with van der Waals surface area (Å²) in [6.45, 7) is 5.03. The number of hydrogen-bond acceptors (Lipinski definition) is 4. The Kier molecular flexibility index (Phi) is 4.70. The molecule has 1 heterocycles. The number of aryl methyl sites for hydroxylation is 1. The summed E-state index contributed by atoms with van der Waals surface area (Å²) in [7, 11) is 0. The molecule has 0 radical (unpaired) electrons. The van der Waals surface area contributed by atoms with E-state index in [1.165, 1.54) is 17.3 Å². The lowest BCUT2D eigenvalue weighted by Gasteiger charge is -2.27. The van der Waals surface area contributed by atoms with Gasteiger partial charge >= 0.3 is 0 Å². The van der Waals surface area contributed by atoms with E-state index in [1.807, 2.05) is 19.1 Å². The monoisotopic (exact) mass is 339 g/mol. The van der Waals surface area contributed by atoms with E-state index >= 15 is 0 Å². The van der Waals surface area contributed by atoms with Gasteiger partial charge in [-0.3, -0.25) is 14.9 Å². The van der Waals surface area contributed by atoms with Crippen LogP contribution in [0.15, 0.2) is 42.5 Å². The topological polar surface area (TPSA) is 75.5 Å². The van der Waals surface area contributed by atoms with E-state index in [1.54, 1.807) is 19.1 Å². The van der Waals surface area contributed by atoms with Gasteiger partial charge in [0.05, 0.1) is 4.92 Å². The summed E-state index contributed by atoms with van der Waals surface area (Å²) in [6.07, 6.45) is 0.998. The first-order valence-corrected chi connectivity index (χ1v) is 8.35. The summed E-state index contributed by atoms with van der Waals surface area (Å²) in [5, 5.41) is 14.1. The average molecular weight is 339 g/mol. The first-order valence-electron chi connectivity index (χ1n) is 8.35. The minimum Gasteiger partial charge on any atom is -0.366 e. The van der Waals surface area contributed by atoms with E-state index in [2.05, 4.69) is 22.3 Å². The molecule has 6 nitrogen and oxygen atoms in total. The molecule has 0 saturated carbocycles. The number of para-hydroxylation sites is 2. The quantitative estimate of drug-likeness (QED) is 0.671. The van der Waals surface area contributed by atoms with Crippen molar-refractivity contribution in [2.24, 2.45) is 0 Å². The van der Waals surface area contributed by atoms with E-state index < -0.39 is 10.8 Å². The summed E-state index contributed by atoms with van der Waals surface area (Å²) < 4.78 is 0. The second-order valence-corrected chi connectivity index (χ2v) is 6.36. The summed E-state index contributed by atoms with van der Waals surface area (Å²) >= 11 is 0. The lowest BCUT2D eigenvalue weighted by Crippen LogP contribution is -2.41. The molecular formula is C19H21N3O3. The van der Waals surface area contributed by atoms with Gasteiger partial charge in [0.1, 0.15) is 5.56 Å². The normalized spacial score (nSPS) is 14.1. The number of rotatable bonds is 5. The lowest BCUT2D eigenvalue weighted by atomic mass is 10.1. The molecule has 0 unspecified atom stereocenters. The standard InChI is InChI=1S/C19H21N3O3/c1-13-6-5-8-16(18(13)22(24)25)19(23)20-12-14(2)21-11-10-15-7-3-4-9-17(15)21/h3-9,14H,10-12H2,1-2H3,(H,20,23)/t14-/m1/s1. The van der Waals surface area contributed by atoms with Crippen molar-refractivity contribution in [3.8, 4) is 0 Å². The Labute approximate surface area is 146 Å². The Hall–Kier alpha value is -2.89. The number of nitrogens with one attached hydrogen (secondary N) is 1. The van der Waals surface area contributed by atoms with Gasteiger partial charge in [-0.05, 0) is 38.0 Å². The van der Waals surface area contributed by atoms with Crippen LogP contribution in [-0.2, 0) is 6.42 Å². The Morgan fingerprint density at radius 3 is 2.80 bits per heavy atom. The summed E-state index contributed by atoms with van der Waals surface area (Å²) in [5.74, 6) is -0.408. The van der Waals surface area contributed by atoms with Crippen LogP contribution in [0.25, 0.3) is 0 Å². The number of nitro groups is 1. The number of benzene rings is 2. The van der Waals surface area contributed by atoms with E-state index in [4.69, 9.17) is 0 Å². The van der Waals surface area contributed by atoms with Crippen LogP contribution >= 0.6 is 0 Å². The number of nitro benzene ring substituents is 1. The van der Waals surface area contributed by atoms with Gasteiger partial charge in [-0.2, -0.15) is 0 Å². The maximum atomic E-state index is 12.5. The molecule has 0 bridgehead atoms. The van der Waals surface area contributed by atoms with E-state index in [0.717, 1.165) is 13.0 Å². The molecule has 1 aliphatic heterocycles. The number of carbonyl (C=O) groups excluding carboxylic acids is 1. The minimum absolute atomic E-state index is 0.108. The number of nitrogens with zero attached hydrogens (tertiary/aromatic N) is 2. The van der Waals surface area contributed by atoms with Crippen molar-refractivity contribution in [1.29, 1.82) is 0 Å². The predicted octanol–water partition coefficient (Wildman–Crippen LogP) is 3.08. The Morgan fingerprint density at radius 1 is 1.28 bits per heavy atom. The van der Waals surface area contributed by atoms with Crippen molar-refractivity contribution in [2.45, 2.75) is 26.3 Å². The van der Waals surface area contributed by atoms with Crippen molar-refractivity contribution >= 4 is 17.3 Å². The molecule has 0 aliphatic carbocycles. The molecule has 1 aliphatic rings. The third-order valence-electron chi connectivity index (χ3n) is 4.68. The molecule has 1 N–H and O–H groups in total.